The summed E-state index contributed by atoms with van der Waals surface area (Å²) in [5, 5.41) is 15.5. The van der Waals surface area contributed by atoms with Crippen molar-refractivity contribution >= 4 is 68.0 Å². The number of rotatable bonds is 9. The van der Waals surface area contributed by atoms with Crippen LogP contribution in [-0.2, 0) is 20.1 Å². The molecule has 0 saturated carbocycles. The second kappa shape index (κ2) is 21.5. The zero-order valence-corrected chi connectivity index (χ0v) is 48.4. The van der Waals surface area contributed by atoms with Crippen LogP contribution >= 0.6 is 0 Å². The molecule has 0 fully saturated rings. The summed E-state index contributed by atoms with van der Waals surface area (Å²) in [6, 6.07) is 57.3. The van der Waals surface area contributed by atoms with E-state index >= 15 is 0 Å². The van der Waals surface area contributed by atoms with E-state index in [1.165, 1.54) is 22.0 Å². The van der Waals surface area contributed by atoms with Crippen LogP contribution < -0.4 is 5.19 Å². The Labute approximate surface area is 475 Å². The zero-order valence-electron chi connectivity index (χ0n) is 49.0. The Bertz CT molecular complexity index is 4450. The number of aryl methyl sites for hydroxylation is 1. The van der Waals surface area contributed by atoms with E-state index in [1.54, 1.807) is 18.2 Å². The molecule has 0 unspecified atom stereocenters. The summed E-state index contributed by atoms with van der Waals surface area (Å²) < 4.78 is 56.3. The largest absolute Gasteiger partial charge is 0.486 e. The Balaban J connectivity index is 0.000000227. The molecule has 0 amide bonds. The monoisotopic (exact) mass is 1220 g/mol. The van der Waals surface area contributed by atoms with E-state index in [9.17, 15) is 9.65 Å². The van der Waals surface area contributed by atoms with E-state index in [1.807, 2.05) is 92.8 Å². The van der Waals surface area contributed by atoms with Crippen LogP contribution in [-0.4, -0.2) is 32.6 Å². The van der Waals surface area contributed by atoms with Crippen LogP contribution in [0.1, 0.15) is 92.8 Å². The van der Waals surface area contributed by atoms with Gasteiger partial charge in [-0.1, -0.05) is 168 Å². The van der Waals surface area contributed by atoms with E-state index in [-0.39, 0.29) is 49.1 Å². The molecule has 7 nitrogen and oxygen atoms in total. The van der Waals surface area contributed by atoms with Gasteiger partial charge in [-0.2, -0.15) is 5.26 Å². The molecule has 389 valence electrons. The van der Waals surface area contributed by atoms with Gasteiger partial charge in [-0.25, -0.2) is 4.98 Å². The summed E-state index contributed by atoms with van der Waals surface area (Å²) in [5.74, 6) is -0.279. The quantitative estimate of drug-likeness (QED) is 0.106. The van der Waals surface area contributed by atoms with Crippen LogP contribution in [0, 0.1) is 36.1 Å². The number of nitrogens with zero attached hydrogens (tertiary/aromatic N) is 6. The molecule has 0 aliphatic rings. The Morgan fingerprint density at radius 2 is 1.42 bits per heavy atom. The number of hydrogen-bond donors (Lipinski definition) is 0. The molecule has 1 radical (unpaired) electrons. The molecule has 0 aliphatic carbocycles. The number of hydrogen-bond acceptors (Lipinski definition) is 6. The van der Waals surface area contributed by atoms with Crippen LogP contribution in [0.25, 0.3) is 105 Å². The molecule has 5 aromatic heterocycles. The molecule has 10 heteroatoms. The van der Waals surface area contributed by atoms with Gasteiger partial charge >= 0.3 is 0 Å². The fourth-order valence-corrected chi connectivity index (χ4v) is 12.0. The summed E-state index contributed by atoms with van der Waals surface area (Å²) in [6.07, 6.45) is 1.91. The molecule has 0 N–H and O–H groups in total. The predicted octanol–water partition coefficient (Wildman–Crippen LogP) is 17.6. The zero-order chi connectivity index (χ0) is 57.3. The topological polar surface area (TPSA) is 93.4 Å². The van der Waals surface area contributed by atoms with Gasteiger partial charge in [-0.3, -0.25) is 14.4 Å². The SMILES string of the molecule is [2H]C(C)(C)c1cc(-c2[c-]cc(F)c(-c3ccccc3)c2)ncc1[Si](C)(C)C.[2H]C([2H])([2H])c1ccc2ccc3nc(-c4[c-]ccc5c4oc4nc(C#N)ccc45)n(-c4c(C(C)C)cc(-c5ccc6ccccc6c5)cc4C(C)C)c3c2n1.[Ir]. The third kappa shape index (κ3) is 9.99. The first-order valence-electron chi connectivity index (χ1n) is 28.0. The van der Waals surface area contributed by atoms with E-state index in [4.69, 9.17) is 19.9 Å². The molecule has 0 bridgehead atoms. The molecule has 0 spiro atoms. The number of halogens is 1. The van der Waals surface area contributed by atoms with E-state index < -0.39 is 20.8 Å². The van der Waals surface area contributed by atoms with Gasteiger partial charge in [-0.05, 0) is 117 Å². The number of imidazole rings is 1. The molecular formula is C68H59FIrN6OSi-2. The Hall–Kier alpha value is -7.93. The normalized spacial score (nSPS) is 12.8. The maximum atomic E-state index is 14.4. The average molecular weight is 1220 g/mol. The standard InChI is InChI=1S/C45H34N5O.C23H25FNSi.Ir/c1-25(2)37-22-32(31-16-15-28-9-6-7-10-30(28)21-31)23-38(26(3)4)41(37)50-42-39(20-17-29-14-13-27(5)47-40(29)42)49-44(50)36-12-8-11-34-35-19-18-33(24-46)48-45(35)51-43(34)36;1-16(2)19-14-22(25-15-23(19)26(3,4)5)18-11-12-21(24)20(13-18)17-9-7-6-8-10-17;/h6-11,13-23,25-26H,1-5H3;6-10,12-16H,1-5H3;/q2*-1;/i5D3;16D;. The maximum Gasteiger partial charge on any atom is 0.217 e. The van der Waals surface area contributed by atoms with E-state index in [0.29, 0.717) is 44.8 Å². The van der Waals surface area contributed by atoms with Gasteiger partial charge in [0.15, 0.2) is 0 Å². The predicted molar refractivity (Wildman–Crippen MR) is 317 cm³/mol. The Morgan fingerprint density at radius 3 is 2.13 bits per heavy atom. The van der Waals surface area contributed by atoms with Gasteiger partial charge in [0.25, 0.3) is 0 Å². The van der Waals surface area contributed by atoms with Crippen molar-refractivity contribution in [1.82, 2.24) is 24.5 Å². The summed E-state index contributed by atoms with van der Waals surface area (Å²) in [6.45, 7) is 17.0. The number of aromatic nitrogens is 5. The number of nitriles is 1. The van der Waals surface area contributed by atoms with E-state index in [2.05, 4.69) is 135 Å². The van der Waals surface area contributed by atoms with Gasteiger partial charge in [0.1, 0.15) is 11.8 Å². The average Bonchev–Trinajstić information content (AvgIpc) is 4.25. The minimum atomic E-state index is -2.40. The van der Waals surface area contributed by atoms with Gasteiger partial charge in [-0.15, -0.1) is 42.0 Å². The number of pyridine rings is 3. The number of fused-ring (bicyclic) bond motifs is 7. The van der Waals surface area contributed by atoms with Gasteiger partial charge in [0.05, 0.1) is 36.0 Å². The van der Waals surface area contributed by atoms with Crippen LogP contribution in [0.4, 0.5) is 4.39 Å². The van der Waals surface area contributed by atoms with Gasteiger partial charge < -0.3 is 14.0 Å². The summed E-state index contributed by atoms with van der Waals surface area (Å²) in [4.78, 5) is 19.2. The van der Waals surface area contributed by atoms with Crippen molar-refractivity contribution in [1.29, 1.82) is 5.26 Å². The van der Waals surface area contributed by atoms with Crippen molar-refractivity contribution in [3.8, 4) is 56.7 Å². The van der Waals surface area contributed by atoms with Gasteiger partial charge in [0.2, 0.25) is 5.71 Å². The molecule has 12 aromatic rings. The molecule has 12 rings (SSSR count). The Kier molecular flexibility index (Phi) is 13.3. The molecule has 0 saturated heterocycles. The molecule has 0 aliphatic heterocycles. The molecule has 0 atom stereocenters. The minimum Gasteiger partial charge on any atom is -0.486 e. The molecular weight excluding hydrogens is 1160 g/mol. The minimum absolute atomic E-state index is 0. The summed E-state index contributed by atoms with van der Waals surface area (Å²) in [7, 11) is -1.64. The van der Waals surface area contributed by atoms with Crippen LogP contribution in [0.15, 0.2) is 162 Å². The third-order valence-corrected chi connectivity index (χ3v) is 16.4. The van der Waals surface area contributed by atoms with Crippen molar-refractivity contribution < 1.29 is 34.4 Å². The van der Waals surface area contributed by atoms with Crippen molar-refractivity contribution in [3.63, 3.8) is 0 Å². The molecule has 7 aromatic carbocycles. The summed E-state index contributed by atoms with van der Waals surface area (Å²) in [5.41, 5.74) is 12.9. The first kappa shape index (κ1) is 48.4. The maximum absolute atomic E-state index is 14.4. The van der Waals surface area contributed by atoms with Crippen LogP contribution in [0.3, 0.4) is 0 Å². The molecule has 78 heavy (non-hydrogen) atoms. The van der Waals surface area contributed by atoms with Crippen molar-refractivity contribution in [2.75, 3.05) is 0 Å². The second-order valence-corrected chi connectivity index (χ2v) is 26.6. The van der Waals surface area contributed by atoms with Crippen LogP contribution in [0.5, 0.6) is 0 Å². The number of furan rings is 1. The van der Waals surface area contributed by atoms with E-state index in [0.717, 1.165) is 66.5 Å². The van der Waals surface area contributed by atoms with Crippen molar-refractivity contribution in [3.05, 3.63) is 204 Å². The van der Waals surface area contributed by atoms with Gasteiger partial charge in [0, 0.05) is 59.8 Å². The smallest absolute Gasteiger partial charge is 0.217 e. The summed E-state index contributed by atoms with van der Waals surface area (Å²) >= 11 is 0. The molecule has 5 heterocycles. The third-order valence-electron chi connectivity index (χ3n) is 14.3. The Morgan fingerprint density at radius 1 is 0.705 bits per heavy atom. The fraction of sp³-hybridized carbons (Fsp3) is 0.191. The van der Waals surface area contributed by atoms with Crippen molar-refractivity contribution in [2.24, 2.45) is 0 Å². The first-order valence-corrected chi connectivity index (χ1v) is 29.5. The first-order chi connectivity index (χ1) is 38.6. The van der Waals surface area contributed by atoms with Crippen LogP contribution in [0.2, 0.25) is 19.6 Å². The fourth-order valence-electron chi connectivity index (χ4n) is 10.4. The number of benzene rings is 7. The van der Waals surface area contributed by atoms with Crippen molar-refractivity contribution in [2.45, 2.75) is 85.8 Å². The second-order valence-electron chi connectivity index (χ2n) is 21.5.